The zero-order valence-corrected chi connectivity index (χ0v) is 14.0. The Bertz CT molecular complexity index is 828. The summed E-state index contributed by atoms with van der Waals surface area (Å²) < 4.78 is 16.0. The van der Waals surface area contributed by atoms with Crippen LogP contribution in [0.1, 0.15) is 35.7 Å². The molecular formula is C19H18FN3S. The third kappa shape index (κ3) is 3.36. The van der Waals surface area contributed by atoms with Gasteiger partial charge in [-0.1, -0.05) is 60.3 Å². The van der Waals surface area contributed by atoms with Gasteiger partial charge < -0.3 is 4.57 Å². The quantitative estimate of drug-likeness (QED) is 0.613. The fraction of sp³-hybridized carbons (Fsp3) is 0.263. The highest BCUT2D eigenvalue weighted by Gasteiger charge is 2.30. The van der Waals surface area contributed by atoms with Gasteiger partial charge in [0.15, 0.2) is 5.16 Å². The van der Waals surface area contributed by atoms with Gasteiger partial charge in [0, 0.05) is 11.7 Å². The molecule has 0 aliphatic heterocycles. The molecule has 0 unspecified atom stereocenters. The highest BCUT2D eigenvalue weighted by Crippen LogP contribution is 2.40. The Kier molecular flexibility index (Phi) is 4.34. The zero-order valence-electron chi connectivity index (χ0n) is 13.2. The first-order chi connectivity index (χ1) is 11.8. The molecular weight excluding hydrogens is 321 g/mol. The van der Waals surface area contributed by atoms with Gasteiger partial charge in [-0.3, -0.25) is 0 Å². The Labute approximate surface area is 144 Å². The fourth-order valence-electron chi connectivity index (χ4n) is 2.72. The summed E-state index contributed by atoms with van der Waals surface area (Å²) in [7, 11) is 0. The summed E-state index contributed by atoms with van der Waals surface area (Å²) in [6, 6.07) is 17.2. The molecule has 1 aliphatic carbocycles. The van der Waals surface area contributed by atoms with Gasteiger partial charge in [0.1, 0.15) is 11.6 Å². The molecule has 24 heavy (non-hydrogen) atoms. The summed E-state index contributed by atoms with van der Waals surface area (Å²) in [6.45, 7) is 0.763. The van der Waals surface area contributed by atoms with Gasteiger partial charge in [-0.2, -0.15) is 0 Å². The van der Waals surface area contributed by atoms with Crippen LogP contribution in [0.25, 0.3) is 0 Å². The summed E-state index contributed by atoms with van der Waals surface area (Å²) in [4.78, 5) is 0. The Hall–Kier alpha value is -2.14. The van der Waals surface area contributed by atoms with Crippen LogP contribution in [0.3, 0.4) is 0 Å². The van der Waals surface area contributed by atoms with Crippen LogP contribution >= 0.6 is 11.8 Å². The van der Waals surface area contributed by atoms with E-state index in [0.29, 0.717) is 17.2 Å². The van der Waals surface area contributed by atoms with E-state index in [-0.39, 0.29) is 5.82 Å². The van der Waals surface area contributed by atoms with Crippen molar-refractivity contribution in [2.75, 3.05) is 0 Å². The van der Waals surface area contributed by atoms with Gasteiger partial charge in [0.2, 0.25) is 0 Å². The summed E-state index contributed by atoms with van der Waals surface area (Å²) in [5.41, 5.74) is 1.93. The van der Waals surface area contributed by atoms with Crippen molar-refractivity contribution in [2.24, 2.45) is 0 Å². The van der Waals surface area contributed by atoms with Crippen molar-refractivity contribution in [2.45, 2.75) is 36.2 Å². The van der Waals surface area contributed by atoms with Crippen LogP contribution in [0.4, 0.5) is 4.39 Å². The molecule has 0 bridgehead atoms. The molecule has 1 heterocycles. The number of aromatic nitrogens is 3. The number of halogens is 1. The molecule has 4 rings (SSSR count). The molecule has 2 aromatic carbocycles. The van der Waals surface area contributed by atoms with E-state index in [2.05, 4.69) is 26.9 Å². The van der Waals surface area contributed by atoms with Gasteiger partial charge in [0.05, 0.1) is 6.54 Å². The van der Waals surface area contributed by atoms with E-state index >= 15 is 0 Å². The first-order valence-electron chi connectivity index (χ1n) is 8.14. The predicted octanol–water partition coefficient (Wildman–Crippen LogP) is 4.64. The minimum Gasteiger partial charge on any atom is -0.301 e. The first-order valence-corrected chi connectivity index (χ1v) is 9.13. The smallest absolute Gasteiger partial charge is 0.191 e. The predicted molar refractivity (Wildman–Crippen MR) is 93.5 cm³/mol. The lowest BCUT2D eigenvalue weighted by Gasteiger charge is -2.10. The molecule has 0 amide bonds. The SMILES string of the molecule is Fc1ccccc1CSc1nnc(C2CC2)n1Cc1ccccc1. The molecule has 1 saturated carbocycles. The largest absolute Gasteiger partial charge is 0.301 e. The van der Waals surface area contributed by atoms with Crippen LogP contribution in [-0.4, -0.2) is 14.8 Å². The van der Waals surface area contributed by atoms with Gasteiger partial charge in [-0.25, -0.2) is 4.39 Å². The maximum absolute atomic E-state index is 13.8. The first kappa shape index (κ1) is 15.4. The Morgan fingerprint density at radius 3 is 2.50 bits per heavy atom. The van der Waals surface area contributed by atoms with Crippen molar-refractivity contribution in [3.63, 3.8) is 0 Å². The maximum Gasteiger partial charge on any atom is 0.191 e. The van der Waals surface area contributed by atoms with Crippen LogP contribution in [0.2, 0.25) is 0 Å². The third-order valence-corrected chi connectivity index (χ3v) is 5.20. The van der Waals surface area contributed by atoms with E-state index < -0.39 is 0 Å². The molecule has 1 aromatic heterocycles. The number of thioether (sulfide) groups is 1. The summed E-state index contributed by atoms with van der Waals surface area (Å²) in [5, 5.41) is 9.64. The van der Waals surface area contributed by atoms with E-state index in [1.165, 1.54) is 24.5 Å². The normalized spacial score (nSPS) is 14.0. The van der Waals surface area contributed by atoms with E-state index in [1.54, 1.807) is 17.8 Å². The number of benzene rings is 2. The molecule has 1 aliphatic rings. The van der Waals surface area contributed by atoms with Crippen LogP contribution in [0.15, 0.2) is 59.8 Å². The Morgan fingerprint density at radius 1 is 1.00 bits per heavy atom. The molecule has 0 spiro atoms. The highest BCUT2D eigenvalue weighted by molar-refractivity contribution is 7.98. The van der Waals surface area contributed by atoms with E-state index in [1.807, 2.05) is 30.3 Å². The molecule has 122 valence electrons. The summed E-state index contributed by atoms with van der Waals surface area (Å²) in [6.07, 6.45) is 2.37. The lowest BCUT2D eigenvalue weighted by molar-refractivity contribution is 0.617. The van der Waals surface area contributed by atoms with Crippen molar-refractivity contribution in [3.8, 4) is 0 Å². The Morgan fingerprint density at radius 2 is 1.75 bits per heavy atom. The summed E-state index contributed by atoms with van der Waals surface area (Å²) in [5.74, 6) is 1.99. The molecule has 0 saturated heterocycles. The second kappa shape index (κ2) is 6.77. The van der Waals surface area contributed by atoms with Gasteiger partial charge in [0.25, 0.3) is 0 Å². The van der Waals surface area contributed by atoms with Crippen molar-refractivity contribution in [3.05, 3.63) is 77.4 Å². The second-order valence-electron chi connectivity index (χ2n) is 6.07. The van der Waals surface area contributed by atoms with Gasteiger partial charge >= 0.3 is 0 Å². The highest BCUT2D eigenvalue weighted by atomic mass is 32.2. The van der Waals surface area contributed by atoms with Crippen LogP contribution in [-0.2, 0) is 12.3 Å². The number of rotatable bonds is 6. The van der Waals surface area contributed by atoms with E-state index in [0.717, 1.165) is 17.5 Å². The topological polar surface area (TPSA) is 30.7 Å². The van der Waals surface area contributed by atoms with Crippen molar-refractivity contribution < 1.29 is 4.39 Å². The standard InChI is InChI=1S/C19H18FN3S/c20-17-9-5-4-8-16(17)13-24-19-22-21-18(15-10-11-15)23(19)12-14-6-2-1-3-7-14/h1-9,15H,10-13H2. The van der Waals surface area contributed by atoms with Gasteiger partial charge in [-0.05, 0) is 30.0 Å². The number of hydrogen-bond acceptors (Lipinski definition) is 3. The van der Waals surface area contributed by atoms with Crippen LogP contribution < -0.4 is 0 Å². The van der Waals surface area contributed by atoms with Crippen molar-refractivity contribution in [1.82, 2.24) is 14.8 Å². The van der Waals surface area contributed by atoms with E-state index in [9.17, 15) is 4.39 Å². The second-order valence-corrected chi connectivity index (χ2v) is 7.01. The molecule has 5 heteroatoms. The third-order valence-electron chi connectivity index (χ3n) is 4.19. The maximum atomic E-state index is 13.8. The average Bonchev–Trinajstić information content (AvgIpc) is 3.38. The van der Waals surface area contributed by atoms with Gasteiger partial charge in [-0.15, -0.1) is 10.2 Å². The molecule has 3 nitrogen and oxygen atoms in total. The molecule has 1 fully saturated rings. The molecule has 0 N–H and O–H groups in total. The fourth-order valence-corrected chi connectivity index (χ4v) is 3.65. The lowest BCUT2D eigenvalue weighted by Crippen LogP contribution is -2.06. The minimum atomic E-state index is -0.165. The lowest BCUT2D eigenvalue weighted by atomic mass is 10.2. The molecule has 0 radical (unpaired) electrons. The van der Waals surface area contributed by atoms with Crippen molar-refractivity contribution >= 4 is 11.8 Å². The summed E-state index contributed by atoms with van der Waals surface area (Å²) >= 11 is 1.55. The van der Waals surface area contributed by atoms with E-state index in [4.69, 9.17) is 0 Å². The number of nitrogens with zero attached hydrogens (tertiary/aromatic N) is 3. The van der Waals surface area contributed by atoms with Crippen molar-refractivity contribution in [1.29, 1.82) is 0 Å². The zero-order chi connectivity index (χ0) is 16.4. The van der Waals surface area contributed by atoms with Crippen LogP contribution in [0, 0.1) is 5.82 Å². The number of hydrogen-bond donors (Lipinski definition) is 0. The minimum absolute atomic E-state index is 0.165. The average molecular weight is 339 g/mol. The van der Waals surface area contributed by atoms with Crippen LogP contribution in [0.5, 0.6) is 0 Å². The molecule has 3 aromatic rings. The Balaban J connectivity index is 1.57. The molecule has 0 atom stereocenters. The monoisotopic (exact) mass is 339 g/mol.